The molecule has 36 heavy (non-hydrogen) atoms. The van der Waals surface area contributed by atoms with Crippen LogP contribution in [0.5, 0.6) is 11.5 Å². The quantitative estimate of drug-likeness (QED) is 0.261. The van der Waals surface area contributed by atoms with E-state index in [9.17, 15) is 19.8 Å². The summed E-state index contributed by atoms with van der Waals surface area (Å²) in [5, 5.41) is 30.6. The second-order valence-corrected chi connectivity index (χ2v) is 8.52. The number of aromatic amines is 1. The molecule has 4 N–H and O–H groups in total. The Bertz CT molecular complexity index is 1430. The van der Waals surface area contributed by atoms with Gasteiger partial charge in [-0.3, -0.25) is 0 Å². The minimum atomic E-state index is -0.494. The van der Waals surface area contributed by atoms with E-state index in [1.807, 2.05) is 42.8 Å². The molecular formula is C25H29N5O6. The van der Waals surface area contributed by atoms with Crippen LogP contribution in [0.3, 0.4) is 0 Å². The van der Waals surface area contributed by atoms with Gasteiger partial charge in [0.15, 0.2) is 5.82 Å². The minimum absolute atomic E-state index is 0.00641. The summed E-state index contributed by atoms with van der Waals surface area (Å²) in [6.45, 7) is 5.36. The fourth-order valence-electron chi connectivity index (χ4n) is 4.00. The molecule has 0 radical (unpaired) electrons. The summed E-state index contributed by atoms with van der Waals surface area (Å²) in [6, 6.07) is 10.4. The number of phenolic OH excluding ortho intramolecular Hbond substituents is 2. The van der Waals surface area contributed by atoms with Crippen molar-refractivity contribution in [2.24, 2.45) is 0 Å². The number of phenols is 2. The van der Waals surface area contributed by atoms with E-state index in [-0.39, 0.29) is 29.8 Å². The Morgan fingerprint density at radius 1 is 1.11 bits per heavy atom. The van der Waals surface area contributed by atoms with E-state index in [2.05, 4.69) is 15.5 Å². The summed E-state index contributed by atoms with van der Waals surface area (Å²) in [5.41, 5.74) is 2.06. The highest BCUT2D eigenvalue weighted by Crippen LogP contribution is 2.37. The van der Waals surface area contributed by atoms with Gasteiger partial charge in [0.1, 0.15) is 18.1 Å². The average molecular weight is 496 g/mol. The number of carbonyl (C=O) groups is 1. The third-order valence-corrected chi connectivity index (χ3v) is 5.83. The number of aromatic hydroxyl groups is 2. The van der Waals surface area contributed by atoms with Crippen LogP contribution in [0.1, 0.15) is 25.3 Å². The summed E-state index contributed by atoms with van der Waals surface area (Å²) >= 11 is 0. The topological polar surface area (TPSA) is 144 Å². The van der Waals surface area contributed by atoms with Crippen LogP contribution in [0.15, 0.2) is 47.4 Å². The molecule has 2 aromatic heterocycles. The lowest BCUT2D eigenvalue weighted by atomic mass is 9.98. The van der Waals surface area contributed by atoms with Crippen molar-refractivity contribution in [3.05, 3.63) is 58.6 Å². The first-order valence-electron chi connectivity index (χ1n) is 11.5. The molecular weight excluding hydrogens is 466 g/mol. The zero-order chi connectivity index (χ0) is 25.8. The first kappa shape index (κ1) is 24.9. The number of nitrogens with zero attached hydrogens (tertiary/aromatic N) is 3. The highest BCUT2D eigenvalue weighted by molar-refractivity contribution is 5.83. The van der Waals surface area contributed by atoms with Gasteiger partial charge in [-0.2, -0.15) is 5.10 Å². The van der Waals surface area contributed by atoms with Crippen molar-refractivity contribution >= 4 is 17.0 Å². The molecule has 4 aromatic rings. The van der Waals surface area contributed by atoms with E-state index in [0.29, 0.717) is 36.6 Å². The molecule has 0 saturated carbocycles. The number of benzene rings is 2. The van der Waals surface area contributed by atoms with Crippen molar-refractivity contribution in [2.45, 2.75) is 26.3 Å². The standard InChI is InChI=1S/C25H29N5O6/c1-15(2)18-13-19(22(32)14-21(18)31)23-27-28-24(33)30(23)17-4-5-20-16(12-17)6-7-29(20)8-9-35-10-11-36-25(34)26-3/h4-7,12-15,31-32H,8-11H2,1-3H3,(H,26,34)(H,28,33). The van der Waals surface area contributed by atoms with Crippen LogP contribution in [0.4, 0.5) is 4.79 Å². The second kappa shape index (κ2) is 10.6. The number of aromatic nitrogens is 4. The number of rotatable bonds is 9. The predicted molar refractivity (Wildman–Crippen MR) is 134 cm³/mol. The largest absolute Gasteiger partial charge is 0.508 e. The van der Waals surface area contributed by atoms with Crippen molar-refractivity contribution in [1.82, 2.24) is 24.6 Å². The summed E-state index contributed by atoms with van der Waals surface area (Å²) in [4.78, 5) is 23.7. The number of hydrogen-bond donors (Lipinski definition) is 4. The maximum Gasteiger partial charge on any atom is 0.406 e. The fourth-order valence-corrected chi connectivity index (χ4v) is 4.00. The highest BCUT2D eigenvalue weighted by Gasteiger charge is 2.20. The third kappa shape index (κ3) is 5.05. The molecule has 0 aliphatic carbocycles. The van der Waals surface area contributed by atoms with E-state index < -0.39 is 11.8 Å². The van der Waals surface area contributed by atoms with Gasteiger partial charge in [0.05, 0.1) is 24.5 Å². The Morgan fingerprint density at radius 3 is 2.67 bits per heavy atom. The van der Waals surface area contributed by atoms with Crippen LogP contribution < -0.4 is 11.0 Å². The number of fused-ring (bicyclic) bond motifs is 1. The van der Waals surface area contributed by atoms with Gasteiger partial charge in [-0.15, -0.1) is 0 Å². The Morgan fingerprint density at radius 2 is 1.92 bits per heavy atom. The van der Waals surface area contributed by atoms with Crippen LogP contribution in [0.2, 0.25) is 0 Å². The van der Waals surface area contributed by atoms with E-state index in [1.165, 1.54) is 17.7 Å². The molecule has 0 aliphatic rings. The van der Waals surface area contributed by atoms with Gasteiger partial charge in [-0.25, -0.2) is 19.3 Å². The van der Waals surface area contributed by atoms with Crippen molar-refractivity contribution in [3.8, 4) is 28.6 Å². The Labute approximate surface area is 206 Å². The molecule has 11 nitrogen and oxygen atoms in total. The molecule has 0 fully saturated rings. The summed E-state index contributed by atoms with van der Waals surface area (Å²) in [7, 11) is 1.50. The lowest BCUT2D eigenvalue weighted by molar-refractivity contribution is 0.0703. The Balaban J connectivity index is 1.56. The van der Waals surface area contributed by atoms with Crippen LogP contribution in [-0.4, -0.2) is 62.5 Å². The third-order valence-electron chi connectivity index (χ3n) is 5.83. The van der Waals surface area contributed by atoms with Crippen LogP contribution in [0, 0.1) is 0 Å². The summed E-state index contributed by atoms with van der Waals surface area (Å²) < 4.78 is 13.8. The van der Waals surface area contributed by atoms with Crippen molar-refractivity contribution in [1.29, 1.82) is 0 Å². The lowest BCUT2D eigenvalue weighted by Crippen LogP contribution is -2.21. The van der Waals surface area contributed by atoms with Crippen molar-refractivity contribution in [3.63, 3.8) is 0 Å². The zero-order valence-corrected chi connectivity index (χ0v) is 20.3. The van der Waals surface area contributed by atoms with E-state index >= 15 is 0 Å². The molecule has 11 heteroatoms. The summed E-state index contributed by atoms with van der Waals surface area (Å²) in [5.74, 6) is 0.0592. The molecule has 190 valence electrons. The normalized spacial score (nSPS) is 11.3. The monoisotopic (exact) mass is 495 g/mol. The molecule has 2 heterocycles. The Hall–Kier alpha value is -4.25. The summed E-state index contributed by atoms with van der Waals surface area (Å²) in [6.07, 6.45) is 1.44. The number of hydrogen-bond acceptors (Lipinski definition) is 7. The van der Waals surface area contributed by atoms with Crippen molar-refractivity contribution in [2.75, 3.05) is 26.9 Å². The second-order valence-electron chi connectivity index (χ2n) is 8.52. The molecule has 0 bridgehead atoms. The first-order chi connectivity index (χ1) is 17.3. The molecule has 2 aromatic carbocycles. The van der Waals surface area contributed by atoms with Gasteiger partial charge in [0.25, 0.3) is 0 Å². The molecule has 0 unspecified atom stereocenters. The average Bonchev–Trinajstić information content (AvgIpc) is 3.43. The van der Waals surface area contributed by atoms with Gasteiger partial charge in [-0.05, 0) is 41.8 Å². The predicted octanol–water partition coefficient (Wildman–Crippen LogP) is 3.09. The van der Waals surface area contributed by atoms with Gasteiger partial charge in [0, 0.05) is 36.8 Å². The van der Waals surface area contributed by atoms with E-state index in [0.717, 1.165) is 10.9 Å². The molecule has 0 atom stereocenters. The van der Waals surface area contributed by atoms with Crippen LogP contribution >= 0.6 is 0 Å². The number of nitrogens with one attached hydrogen (secondary N) is 2. The Kier molecular flexibility index (Phi) is 7.30. The SMILES string of the molecule is CNC(=O)OCCOCCn1ccc2cc(-n3c(-c4cc(C(C)C)c(O)cc4O)n[nH]c3=O)ccc21. The van der Waals surface area contributed by atoms with E-state index in [4.69, 9.17) is 9.47 Å². The molecule has 1 amide bonds. The zero-order valence-electron chi connectivity index (χ0n) is 20.3. The van der Waals surface area contributed by atoms with Crippen LogP contribution in [0.25, 0.3) is 28.0 Å². The van der Waals surface area contributed by atoms with E-state index in [1.54, 1.807) is 12.1 Å². The number of ether oxygens (including phenoxy) is 2. The lowest BCUT2D eigenvalue weighted by Gasteiger charge is -2.13. The first-order valence-corrected chi connectivity index (χ1v) is 11.5. The smallest absolute Gasteiger partial charge is 0.406 e. The molecule has 0 saturated heterocycles. The minimum Gasteiger partial charge on any atom is -0.508 e. The maximum atomic E-state index is 12.7. The highest BCUT2D eigenvalue weighted by atomic mass is 16.6. The van der Waals surface area contributed by atoms with Gasteiger partial charge in [-0.1, -0.05) is 13.8 Å². The maximum absolute atomic E-state index is 12.7. The molecule has 0 aliphatic heterocycles. The van der Waals surface area contributed by atoms with Gasteiger partial charge in [0.2, 0.25) is 0 Å². The molecule has 0 spiro atoms. The van der Waals surface area contributed by atoms with Gasteiger partial charge >= 0.3 is 11.8 Å². The number of carbonyl (C=O) groups excluding carboxylic acids is 1. The van der Waals surface area contributed by atoms with Crippen molar-refractivity contribution < 1.29 is 24.5 Å². The van der Waals surface area contributed by atoms with Crippen LogP contribution in [-0.2, 0) is 16.0 Å². The number of amides is 1. The fraction of sp³-hybridized carbons (Fsp3) is 0.320. The molecule has 4 rings (SSSR count). The number of H-pyrrole nitrogens is 1. The number of alkyl carbamates (subject to hydrolysis) is 1. The van der Waals surface area contributed by atoms with Gasteiger partial charge < -0.3 is 29.6 Å².